The van der Waals surface area contributed by atoms with Crippen molar-refractivity contribution in [1.29, 1.82) is 0 Å². The van der Waals surface area contributed by atoms with Gasteiger partial charge in [0.05, 0.1) is 10.9 Å². The van der Waals surface area contributed by atoms with Crippen molar-refractivity contribution >= 4 is 27.8 Å². The van der Waals surface area contributed by atoms with Crippen molar-refractivity contribution in [2.75, 3.05) is 5.33 Å². The maximum Gasteiger partial charge on any atom is 0.405 e. The number of rotatable bonds is 4. The highest BCUT2D eigenvalue weighted by atomic mass is 79.9. The SMILES string of the molecule is CC(C)(C)C1CC1(OC(N)=O)c1ccc(C(=O)CBr)c(F)c1. The van der Waals surface area contributed by atoms with Gasteiger partial charge in [0.15, 0.2) is 5.78 Å². The second-order valence-corrected chi connectivity index (χ2v) is 7.25. The Kier molecular flexibility index (Phi) is 4.35. The van der Waals surface area contributed by atoms with Gasteiger partial charge in [-0.2, -0.15) is 0 Å². The zero-order valence-electron chi connectivity index (χ0n) is 12.8. The largest absolute Gasteiger partial charge is 0.438 e. The van der Waals surface area contributed by atoms with E-state index in [-0.39, 0.29) is 28.0 Å². The molecule has 2 N–H and O–H groups in total. The third-order valence-corrected chi connectivity index (χ3v) is 4.63. The molecule has 1 fully saturated rings. The van der Waals surface area contributed by atoms with Crippen molar-refractivity contribution in [2.45, 2.75) is 32.8 Å². The van der Waals surface area contributed by atoms with Gasteiger partial charge in [-0.3, -0.25) is 4.79 Å². The van der Waals surface area contributed by atoms with Crippen LogP contribution in [-0.2, 0) is 10.3 Å². The molecule has 0 aromatic heterocycles. The number of Topliss-reactive ketones (excluding diaryl/α,β-unsaturated/α-hetero) is 1. The van der Waals surface area contributed by atoms with Crippen LogP contribution in [-0.4, -0.2) is 17.2 Å². The lowest BCUT2D eigenvalue weighted by atomic mass is 9.86. The molecule has 4 nitrogen and oxygen atoms in total. The number of amides is 1. The third-order valence-electron chi connectivity index (χ3n) is 4.12. The molecule has 0 heterocycles. The number of halogens is 2. The number of alkyl halides is 1. The number of ketones is 1. The van der Waals surface area contributed by atoms with E-state index >= 15 is 0 Å². The summed E-state index contributed by atoms with van der Waals surface area (Å²) in [6.45, 7) is 6.09. The zero-order chi connectivity index (χ0) is 16.7. The summed E-state index contributed by atoms with van der Waals surface area (Å²) >= 11 is 3.02. The topological polar surface area (TPSA) is 69.4 Å². The minimum absolute atomic E-state index is 0.0165. The average molecular weight is 372 g/mol. The summed E-state index contributed by atoms with van der Waals surface area (Å²) < 4.78 is 19.5. The van der Waals surface area contributed by atoms with Crippen LogP contribution >= 0.6 is 15.9 Å². The maximum absolute atomic E-state index is 14.2. The van der Waals surface area contributed by atoms with Crippen LogP contribution in [0.2, 0.25) is 0 Å². The van der Waals surface area contributed by atoms with Gasteiger partial charge >= 0.3 is 6.09 Å². The van der Waals surface area contributed by atoms with Crippen LogP contribution in [0.25, 0.3) is 0 Å². The van der Waals surface area contributed by atoms with E-state index in [2.05, 4.69) is 15.9 Å². The Labute approximate surface area is 137 Å². The lowest BCUT2D eigenvalue weighted by Gasteiger charge is -2.25. The Bertz CT molecular complexity index is 626. The molecule has 0 saturated heterocycles. The number of ether oxygens (including phenoxy) is 1. The molecular weight excluding hydrogens is 353 g/mol. The molecule has 120 valence electrons. The quantitative estimate of drug-likeness (QED) is 0.646. The molecule has 0 bridgehead atoms. The Balaban J connectivity index is 2.41. The molecule has 1 saturated carbocycles. The van der Waals surface area contributed by atoms with Crippen LogP contribution in [0.5, 0.6) is 0 Å². The van der Waals surface area contributed by atoms with Crippen LogP contribution in [0, 0.1) is 17.2 Å². The fourth-order valence-corrected chi connectivity index (χ4v) is 3.30. The van der Waals surface area contributed by atoms with Crippen molar-refractivity contribution < 1.29 is 18.7 Å². The Morgan fingerprint density at radius 3 is 2.50 bits per heavy atom. The van der Waals surface area contributed by atoms with E-state index in [4.69, 9.17) is 10.5 Å². The Morgan fingerprint density at radius 1 is 1.45 bits per heavy atom. The molecule has 1 aromatic rings. The van der Waals surface area contributed by atoms with Gasteiger partial charge in [-0.05, 0) is 29.5 Å². The Hall–Kier alpha value is -1.43. The van der Waals surface area contributed by atoms with Crippen molar-refractivity contribution in [2.24, 2.45) is 17.1 Å². The fourth-order valence-electron chi connectivity index (χ4n) is 3.00. The molecule has 1 aliphatic carbocycles. The summed E-state index contributed by atoms with van der Waals surface area (Å²) in [6.07, 6.45) is -0.294. The number of nitrogens with two attached hydrogens (primary N) is 1. The molecule has 0 radical (unpaired) electrons. The lowest BCUT2D eigenvalue weighted by molar-refractivity contribution is 0.0618. The molecule has 6 heteroatoms. The van der Waals surface area contributed by atoms with Gasteiger partial charge in [0.1, 0.15) is 11.4 Å². The number of primary amides is 1. The summed E-state index contributed by atoms with van der Waals surface area (Å²) in [7, 11) is 0. The minimum Gasteiger partial charge on any atom is -0.438 e. The van der Waals surface area contributed by atoms with Gasteiger partial charge in [0.2, 0.25) is 0 Å². The highest BCUT2D eigenvalue weighted by Gasteiger charge is 2.63. The second-order valence-electron chi connectivity index (χ2n) is 6.68. The number of hydrogen-bond donors (Lipinski definition) is 1. The summed E-state index contributed by atoms with van der Waals surface area (Å²) in [5.41, 5.74) is 4.72. The number of benzene rings is 1. The van der Waals surface area contributed by atoms with Crippen molar-refractivity contribution in [3.8, 4) is 0 Å². The van der Waals surface area contributed by atoms with E-state index in [0.717, 1.165) is 0 Å². The summed E-state index contributed by atoms with van der Waals surface area (Å²) in [6, 6.07) is 4.33. The van der Waals surface area contributed by atoms with Crippen molar-refractivity contribution in [1.82, 2.24) is 0 Å². The smallest absolute Gasteiger partial charge is 0.405 e. The monoisotopic (exact) mass is 371 g/mol. The van der Waals surface area contributed by atoms with Crippen LogP contribution in [0.3, 0.4) is 0 Å². The van der Waals surface area contributed by atoms with E-state index in [1.54, 1.807) is 6.07 Å². The number of hydrogen-bond acceptors (Lipinski definition) is 3. The van der Waals surface area contributed by atoms with E-state index in [0.29, 0.717) is 12.0 Å². The summed E-state index contributed by atoms with van der Waals surface area (Å²) in [5, 5.41) is 0.0524. The molecule has 1 amide bonds. The second kappa shape index (κ2) is 5.65. The van der Waals surface area contributed by atoms with E-state index in [1.807, 2.05) is 20.8 Å². The first-order valence-corrected chi connectivity index (χ1v) is 8.11. The summed E-state index contributed by atoms with van der Waals surface area (Å²) in [5.74, 6) is -0.907. The third kappa shape index (κ3) is 3.02. The highest BCUT2D eigenvalue weighted by molar-refractivity contribution is 9.09. The van der Waals surface area contributed by atoms with Crippen LogP contribution in [0.4, 0.5) is 9.18 Å². The average Bonchev–Trinajstić information content (AvgIpc) is 3.12. The van der Waals surface area contributed by atoms with Gasteiger partial charge < -0.3 is 10.5 Å². The molecule has 1 aromatic carbocycles. The van der Waals surface area contributed by atoms with Crippen LogP contribution in [0.1, 0.15) is 43.1 Å². The van der Waals surface area contributed by atoms with Gasteiger partial charge in [-0.25, -0.2) is 9.18 Å². The van der Waals surface area contributed by atoms with Gasteiger partial charge in [-0.15, -0.1) is 0 Å². The molecule has 0 aliphatic heterocycles. The number of carbonyl (C=O) groups is 2. The zero-order valence-corrected chi connectivity index (χ0v) is 14.4. The van der Waals surface area contributed by atoms with Crippen LogP contribution in [0.15, 0.2) is 18.2 Å². The van der Waals surface area contributed by atoms with Crippen molar-refractivity contribution in [3.63, 3.8) is 0 Å². The maximum atomic E-state index is 14.2. The highest BCUT2D eigenvalue weighted by Crippen LogP contribution is 2.62. The van der Waals surface area contributed by atoms with E-state index in [1.165, 1.54) is 12.1 Å². The van der Waals surface area contributed by atoms with Crippen molar-refractivity contribution in [3.05, 3.63) is 35.1 Å². The number of carbonyl (C=O) groups excluding carboxylic acids is 2. The molecule has 2 rings (SSSR count). The predicted octanol–water partition coefficient (Wildman–Crippen LogP) is 3.76. The molecule has 2 unspecified atom stereocenters. The normalized spacial score (nSPS) is 24.0. The molecule has 1 aliphatic rings. The first kappa shape index (κ1) is 16.9. The lowest BCUT2D eigenvalue weighted by Crippen LogP contribution is -2.28. The first-order chi connectivity index (χ1) is 10.1. The molecule has 0 spiro atoms. The fraction of sp³-hybridized carbons (Fsp3) is 0.500. The standard InChI is InChI=1S/C16H19BrFNO3/c1-15(2,3)13-7-16(13,22-14(19)21)9-4-5-10(11(18)6-9)12(20)8-17/h4-6,13H,7-8H2,1-3H3,(H2,19,21). The van der Waals surface area contributed by atoms with Gasteiger partial charge in [-0.1, -0.05) is 42.8 Å². The van der Waals surface area contributed by atoms with E-state index in [9.17, 15) is 14.0 Å². The van der Waals surface area contributed by atoms with Gasteiger partial charge in [0, 0.05) is 5.92 Å². The molecular formula is C16H19BrFNO3. The summed E-state index contributed by atoms with van der Waals surface area (Å²) in [4.78, 5) is 22.9. The molecule has 2 atom stereocenters. The molecule has 22 heavy (non-hydrogen) atoms. The minimum atomic E-state index is -0.902. The van der Waals surface area contributed by atoms with Crippen LogP contribution < -0.4 is 5.73 Å². The predicted molar refractivity (Wildman–Crippen MR) is 84.4 cm³/mol. The van der Waals surface area contributed by atoms with E-state index < -0.39 is 17.5 Å². The first-order valence-electron chi connectivity index (χ1n) is 6.99. The van der Waals surface area contributed by atoms with Gasteiger partial charge in [0.25, 0.3) is 0 Å². The Morgan fingerprint density at radius 2 is 2.09 bits per heavy atom.